The molecule has 7 nitrogen and oxygen atoms in total. The molecule has 1 aliphatic rings. The van der Waals surface area contributed by atoms with Crippen molar-refractivity contribution in [2.45, 2.75) is 12.8 Å². The van der Waals surface area contributed by atoms with E-state index in [1.54, 1.807) is 18.4 Å². The molecule has 2 aromatic heterocycles. The van der Waals surface area contributed by atoms with Crippen LogP contribution >= 0.6 is 11.3 Å². The summed E-state index contributed by atoms with van der Waals surface area (Å²) in [6.07, 6.45) is 0.850. The van der Waals surface area contributed by atoms with Crippen molar-refractivity contribution in [1.29, 1.82) is 0 Å². The number of carbonyl (C=O) groups excluding carboxylic acids is 1. The third-order valence-corrected chi connectivity index (χ3v) is 5.54. The molecule has 8 heteroatoms. The second-order valence-electron chi connectivity index (χ2n) is 6.58. The number of carbonyl (C=O) groups is 1. The Labute approximate surface area is 167 Å². The summed E-state index contributed by atoms with van der Waals surface area (Å²) in [5, 5.41) is 12.0. The number of rotatable bonds is 6. The first-order valence-electron chi connectivity index (χ1n) is 9.24. The number of nitrogens with zero attached hydrogens (tertiary/aromatic N) is 4. The van der Waals surface area contributed by atoms with Gasteiger partial charge in [-0.2, -0.15) is 11.3 Å². The van der Waals surface area contributed by atoms with E-state index in [2.05, 4.69) is 27.2 Å². The Kier molecular flexibility index (Phi) is 5.57. The number of ether oxygens (including phenoxy) is 1. The minimum Gasteiger partial charge on any atom is -0.497 e. The van der Waals surface area contributed by atoms with Crippen molar-refractivity contribution in [1.82, 2.24) is 15.1 Å². The van der Waals surface area contributed by atoms with Crippen molar-refractivity contribution in [2.24, 2.45) is 0 Å². The average molecular weight is 398 g/mol. The first-order chi connectivity index (χ1) is 13.7. The lowest BCUT2D eigenvalue weighted by Crippen LogP contribution is -2.48. The summed E-state index contributed by atoms with van der Waals surface area (Å²) in [4.78, 5) is 16.7. The lowest BCUT2D eigenvalue weighted by Gasteiger charge is -2.36. The standard InChI is InChI=1S/C20H22N4O3S/c1-26-17-4-2-16(3-5-17)23-9-11-24(12-10-23)19(25)7-6-18-21-22-20(27-18)15-8-13-28-14-15/h2-5,8,13-14H,6-7,9-12H2,1H3. The van der Waals surface area contributed by atoms with Gasteiger partial charge in [-0.1, -0.05) is 0 Å². The van der Waals surface area contributed by atoms with Gasteiger partial charge in [0.2, 0.25) is 17.7 Å². The minimum atomic E-state index is 0.129. The van der Waals surface area contributed by atoms with Crippen molar-refractivity contribution in [2.75, 3.05) is 38.2 Å². The van der Waals surface area contributed by atoms with Gasteiger partial charge < -0.3 is 19.0 Å². The van der Waals surface area contributed by atoms with Gasteiger partial charge in [0, 0.05) is 55.7 Å². The summed E-state index contributed by atoms with van der Waals surface area (Å²) in [5.41, 5.74) is 2.07. The molecule has 0 N–H and O–H groups in total. The maximum atomic E-state index is 12.5. The number of piperazine rings is 1. The van der Waals surface area contributed by atoms with Gasteiger partial charge in [-0.05, 0) is 35.7 Å². The molecule has 0 aliphatic carbocycles. The van der Waals surface area contributed by atoms with Gasteiger partial charge in [-0.3, -0.25) is 4.79 Å². The summed E-state index contributed by atoms with van der Waals surface area (Å²) >= 11 is 1.58. The van der Waals surface area contributed by atoms with Crippen LogP contribution in [-0.4, -0.2) is 54.3 Å². The Morgan fingerprint density at radius 3 is 2.61 bits per heavy atom. The molecule has 146 valence electrons. The number of anilines is 1. The molecule has 0 unspecified atom stereocenters. The van der Waals surface area contributed by atoms with Gasteiger partial charge in [0.1, 0.15) is 5.75 Å². The maximum Gasteiger partial charge on any atom is 0.248 e. The first-order valence-corrected chi connectivity index (χ1v) is 10.2. The monoisotopic (exact) mass is 398 g/mol. The molecule has 3 heterocycles. The highest BCUT2D eigenvalue weighted by atomic mass is 32.1. The Bertz CT molecular complexity index is 900. The molecule has 1 amide bonds. The van der Waals surface area contributed by atoms with Crippen LogP contribution in [0.1, 0.15) is 12.3 Å². The van der Waals surface area contributed by atoms with Crippen molar-refractivity contribution in [3.63, 3.8) is 0 Å². The maximum absolute atomic E-state index is 12.5. The lowest BCUT2D eigenvalue weighted by molar-refractivity contribution is -0.131. The first kappa shape index (κ1) is 18.5. The number of benzene rings is 1. The molecule has 0 bridgehead atoms. The molecule has 0 saturated carbocycles. The van der Waals surface area contributed by atoms with Crippen LogP contribution in [0.25, 0.3) is 11.5 Å². The Balaban J connectivity index is 1.26. The molecule has 1 aliphatic heterocycles. The van der Waals surface area contributed by atoms with Crippen LogP contribution in [0.3, 0.4) is 0 Å². The number of amides is 1. The van der Waals surface area contributed by atoms with E-state index >= 15 is 0 Å². The number of thiophene rings is 1. The van der Waals surface area contributed by atoms with Crippen molar-refractivity contribution < 1.29 is 13.9 Å². The van der Waals surface area contributed by atoms with E-state index in [-0.39, 0.29) is 5.91 Å². The number of aromatic nitrogens is 2. The zero-order chi connectivity index (χ0) is 19.3. The highest BCUT2D eigenvalue weighted by molar-refractivity contribution is 7.08. The lowest BCUT2D eigenvalue weighted by atomic mass is 10.2. The van der Waals surface area contributed by atoms with E-state index in [1.165, 1.54) is 0 Å². The normalized spacial score (nSPS) is 14.3. The molecule has 1 aromatic carbocycles. The zero-order valence-corrected chi connectivity index (χ0v) is 16.5. The van der Waals surface area contributed by atoms with Crippen molar-refractivity contribution >= 4 is 22.9 Å². The molecule has 0 atom stereocenters. The third kappa shape index (κ3) is 4.17. The number of hydrogen-bond acceptors (Lipinski definition) is 7. The number of aryl methyl sites for hydroxylation is 1. The predicted octanol–water partition coefficient (Wildman–Crippen LogP) is 3.09. The van der Waals surface area contributed by atoms with Crippen molar-refractivity contribution in [3.8, 4) is 17.2 Å². The van der Waals surface area contributed by atoms with Crippen LogP contribution in [0.15, 0.2) is 45.5 Å². The largest absolute Gasteiger partial charge is 0.497 e. The quantitative estimate of drug-likeness (QED) is 0.635. The second-order valence-corrected chi connectivity index (χ2v) is 7.36. The molecule has 4 rings (SSSR count). The van der Waals surface area contributed by atoms with Crippen LogP contribution in [0.4, 0.5) is 5.69 Å². The van der Waals surface area contributed by atoms with Gasteiger partial charge in [0.25, 0.3) is 0 Å². The van der Waals surface area contributed by atoms with Gasteiger partial charge in [0.15, 0.2) is 0 Å². The van der Waals surface area contributed by atoms with E-state index in [4.69, 9.17) is 9.15 Å². The zero-order valence-electron chi connectivity index (χ0n) is 15.7. The van der Waals surface area contributed by atoms with Gasteiger partial charge in [0.05, 0.1) is 7.11 Å². The van der Waals surface area contributed by atoms with E-state index < -0.39 is 0 Å². The Morgan fingerprint density at radius 1 is 1.14 bits per heavy atom. The van der Waals surface area contributed by atoms with Crippen molar-refractivity contribution in [3.05, 3.63) is 47.0 Å². The minimum absolute atomic E-state index is 0.129. The summed E-state index contributed by atoms with van der Waals surface area (Å²) in [7, 11) is 1.66. The summed E-state index contributed by atoms with van der Waals surface area (Å²) in [6, 6.07) is 9.96. The summed E-state index contributed by atoms with van der Waals surface area (Å²) in [6.45, 7) is 3.07. The number of hydrogen-bond donors (Lipinski definition) is 0. The van der Waals surface area contributed by atoms with E-state index in [9.17, 15) is 4.79 Å². The van der Waals surface area contributed by atoms with E-state index in [1.807, 2.05) is 33.9 Å². The van der Waals surface area contributed by atoms with Crippen LogP contribution < -0.4 is 9.64 Å². The summed E-state index contributed by atoms with van der Waals surface area (Å²) in [5.74, 6) is 1.99. The van der Waals surface area contributed by atoms with Crippen LogP contribution in [0.2, 0.25) is 0 Å². The fourth-order valence-corrected chi connectivity index (χ4v) is 3.87. The van der Waals surface area contributed by atoms with E-state index in [0.29, 0.717) is 24.6 Å². The Morgan fingerprint density at radius 2 is 1.93 bits per heavy atom. The smallest absolute Gasteiger partial charge is 0.248 e. The molecule has 0 spiro atoms. The molecule has 1 fully saturated rings. The predicted molar refractivity (Wildman–Crippen MR) is 108 cm³/mol. The van der Waals surface area contributed by atoms with Crippen LogP contribution in [-0.2, 0) is 11.2 Å². The molecular weight excluding hydrogens is 376 g/mol. The fraction of sp³-hybridized carbons (Fsp3) is 0.350. The van der Waals surface area contributed by atoms with Gasteiger partial charge >= 0.3 is 0 Å². The molecular formula is C20H22N4O3S. The molecule has 0 radical (unpaired) electrons. The SMILES string of the molecule is COc1ccc(N2CCN(C(=O)CCc3nnc(-c4ccsc4)o3)CC2)cc1. The Hall–Kier alpha value is -2.87. The number of methoxy groups -OCH3 is 1. The summed E-state index contributed by atoms with van der Waals surface area (Å²) < 4.78 is 10.9. The highest BCUT2D eigenvalue weighted by Crippen LogP contribution is 2.22. The molecule has 3 aromatic rings. The second kappa shape index (κ2) is 8.43. The highest BCUT2D eigenvalue weighted by Gasteiger charge is 2.22. The van der Waals surface area contributed by atoms with Crippen LogP contribution in [0.5, 0.6) is 5.75 Å². The fourth-order valence-electron chi connectivity index (χ4n) is 3.24. The molecule has 28 heavy (non-hydrogen) atoms. The third-order valence-electron chi connectivity index (χ3n) is 4.86. The van der Waals surface area contributed by atoms with E-state index in [0.717, 1.165) is 43.2 Å². The topological polar surface area (TPSA) is 71.7 Å². The van der Waals surface area contributed by atoms with Gasteiger partial charge in [-0.25, -0.2) is 0 Å². The van der Waals surface area contributed by atoms with Gasteiger partial charge in [-0.15, -0.1) is 10.2 Å². The average Bonchev–Trinajstić information content (AvgIpc) is 3.44. The van der Waals surface area contributed by atoms with Crippen LogP contribution in [0, 0.1) is 0 Å². The molecule has 1 saturated heterocycles.